The lowest BCUT2D eigenvalue weighted by Crippen LogP contribution is -2.66. The smallest absolute Gasteiger partial charge is 0.418 e. The minimum Gasteiger partial charge on any atom is -0.478 e. The van der Waals surface area contributed by atoms with Gasteiger partial charge in [0.2, 0.25) is 0 Å². The molecule has 3 N–H and O–H groups in total. The van der Waals surface area contributed by atoms with Crippen molar-refractivity contribution >= 4 is 23.4 Å². The number of carbonyl (C=O) groups is 3. The van der Waals surface area contributed by atoms with Crippen LogP contribution in [0.5, 0.6) is 0 Å². The topological polar surface area (TPSA) is 104 Å². The van der Waals surface area contributed by atoms with Crippen LogP contribution < -0.4 is 5.32 Å². The molecule has 6 rings (SSSR count). The van der Waals surface area contributed by atoms with Crippen LogP contribution in [0.4, 0.5) is 8.78 Å². The number of carbonyl (C=O) groups excluding carboxylic acids is 1. The van der Waals surface area contributed by atoms with Gasteiger partial charge in [0.1, 0.15) is 0 Å². The summed E-state index contributed by atoms with van der Waals surface area (Å²) in [7, 11) is 0. The Labute approximate surface area is 283 Å². The fourth-order valence-corrected chi connectivity index (χ4v) is 12.9. The highest BCUT2D eigenvalue weighted by atomic mass is 19.3. The molecule has 0 aliphatic heterocycles. The first-order valence-corrected chi connectivity index (χ1v) is 17.9. The van der Waals surface area contributed by atoms with Crippen molar-refractivity contribution in [3.63, 3.8) is 0 Å². The summed E-state index contributed by atoms with van der Waals surface area (Å²) in [6, 6.07) is 7.32. The third-order valence-corrected chi connectivity index (χ3v) is 15.4. The van der Waals surface area contributed by atoms with E-state index in [0.717, 1.165) is 68.9 Å². The average Bonchev–Trinajstić information content (AvgIpc) is 3.40. The number of carboxylic acids is 2. The number of hydrogen-bond acceptors (Lipinski definition) is 3. The molecule has 4 fully saturated rings. The molecule has 0 saturated heterocycles. The normalized spacial score (nSPS) is 39.9. The number of benzene rings is 1. The van der Waals surface area contributed by atoms with E-state index in [-0.39, 0.29) is 45.5 Å². The first kappa shape index (κ1) is 34.8. The zero-order valence-corrected chi connectivity index (χ0v) is 29.4. The summed E-state index contributed by atoms with van der Waals surface area (Å²) in [6.45, 7) is 18.8. The molecule has 5 aliphatic rings. The molecular formula is C40H53F2NO5. The van der Waals surface area contributed by atoms with Gasteiger partial charge < -0.3 is 15.5 Å². The molecule has 1 aromatic carbocycles. The summed E-state index contributed by atoms with van der Waals surface area (Å²) in [4.78, 5) is 35.1. The SMILES string of the molecule is C=C(C)C1CCC2(CNC(=O)C(F)(F)C(=O)O)CCC3(C)C(CCC4C5(C)CC=C(c6ccc(C(=O)O)cc6)C(C)(C)C5CCC43C)C12. The van der Waals surface area contributed by atoms with Gasteiger partial charge in [-0.25, -0.2) is 9.59 Å². The number of amides is 1. The molecule has 48 heavy (non-hydrogen) atoms. The second-order valence-electron chi connectivity index (χ2n) is 17.5. The molecule has 0 bridgehead atoms. The standard InChI is InChI=1S/C40H53F2NO5/c1-23(2)26-14-19-39(22-43-33(46)40(41,42)34(47)48)21-20-37(6)28(31(26)39)12-13-30-36(5)17-15-27(24-8-10-25(11-9-24)32(44)45)35(3,4)29(36)16-18-38(30,37)7/h8-11,15,26,28-31H,1,12-14,16-22H2,2-7H3,(H,43,46)(H,44,45)(H,47,48). The van der Waals surface area contributed by atoms with Gasteiger partial charge in [-0.1, -0.05) is 65.0 Å². The quantitative estimate of drug-likeness (QED) is 0.199. The van der Waals surface area contributed by atoms with Crippen LogP contribution in [0.1, 0.15) is 115 Å². The van der Waals surface area contributed by atoms with Gasteiger partial charge in [-0.3, -0.25) is 4.79 Å². The van der Waals surface area contributed by atoms with E-state index >= 15 is 0 Å². The van der Waals surface area contributed by atoms with Gasteiger partial charge in [-0.15, -0.1) is 0 Å². The maximum absolute atomic E-state index is 14.1. The van der Waals surface area contributed by atoms with Crippen LogP contribution in [-0.2, 0) is 9.59 Å². The zero-order valence-electron chi connectivity index (χ0n) is 29.4. The highest BCUT2D eigenvalue weighted by molar-refractivity contribution is 6.03. The Kier molecular flexibility index (Phi) is 8.16. The molecule has 9 atom stereocenters. The van der Waals surface area contributed by atoms with Crippen LogP contribution in [0.25, 0.3) is 5.57 Å². The Morgan fingerprint density at radius 3 is 2.17 bits per heavy atom. The zero-order chi connectivity index (χ0) is 35.2. The van der Waals surface area contributed by atoms with Gasteiger partial charge >= 0.3 is 23.8 Å². The van der Waals surface area contributed by atoms with Gasteiger partial charge in [-0.2, -0.15) is 8.78 Å². The van der Waals surface area contributed by atoms with E-state index in [1.807, 2.05) is 12.1 Å². The number of nitrogens with one attached hydrogen (secondary N) is 1. The summed E-state index contributed by atoms with van der Waals surface area (Å²) in [5.74, 6) is -7.76. The fourth-order valence-electron chi connectivity index (χ4n) is 12.9. The van der Waals surface area contributed by atoms with Crippen LogP contribution in [-0.4, -0.2) is 40.5 Å². The third kappa shape index (κ3) is 4.77. The summed E-state index contributed by atoms with van der Waals surface area (Å²) >= 11 is 0. The molecule has 0 spiro atoms. The van der Waals surface area contributed by atoms with Crippen molar-refractivity contribution in [2.45, 2.75) is 105 Å². The lowest BCUT2D eigenvalue weighted by molar-refractivity contribution is -0.225. The summed E-state index contributed by atoms with van der Waals surface area (Å²) in [5, 5.41) is 20.8. The van der Waals surface area contributed by atoms with Crippen molar-refractivity contribution in [2.75, 3.05) is 6.54 Å². The van der Waals surface area contributed by atoms with Crippen molar-refractivity contribution < 1.29 is 33.4 Å². The number of alkyl halides is 2. The van der Waals surface area contributed by atoms with Crippen molar-refractivity contribution in [3.8, 4) is 0 Å². The van der Waals surface area contributed by atoms with E-state index in [4.69, 9.17) is 5.11 Å². The van der Waals surface area contributed by atoms with Crippen molar-refractivity contribution in [1.29, 1.82) is 0 Å². The number of allylic oxidation sites excluding steroid dienone is 3. The number of halogens is 2. The van der Waals surface area contributed by atoms with E-state index in [1.165, 1.54) is 5.57 Å². The van der Waals surface area contributed by atoms with Crippen molar-refractivity contribution in [1.82, 2.24) is 5.32 Å². The van der Waals surface area contributed by atoms with Crippen LogP contribution >= 0.6 is 0 Å². The van der Waals surface area contributed by atoms with Crippen molar-refractivity contribution in [3.05, 3.63) is 53.6 Å². The van der Waals surface area contributed by atoms with Crippen LogP contribution in [0.15, 0.2) is 42.5 Å². The van der Waals surface area contributed by atoms with Crippen molar-refractivity contribution in [2.24, 2.45) is 56.7 Å². The predicted molar refractivity (Wildman–Crippen MR) is 181 cm³/mol. The number of carboxylic acid groups (broad SMARTS) is 2. The van der Waals surface area contributed by atoms with E-state index in [2.05, 4.69) is 59.5 Å². The number of aliphatic carboxylic acids is 1. The van der Waals surface area contributed by atoms with E-state index in [1.54, 1.807) is 12.1 Å². The molecule has 1 amide bonds. The van der Waals surface area contributed by atoms with Crippen LogP contribution in [0, 0.1) is 56.7 Å². The second-order valence-corrected chi connectivity index (χ2v) is 17.5. The molecule has 8 heteroatoms. The lowest BCUT2D eigenvalue weighted by Gasteiger charge is -2.72. The molecule has 4 saturated carbocycles. The maximum Gasteiger partial charge on any atom is 0.418 e. The van der Waals surface area contributed by atoms with Gasteiger partial charge in [0.25, 0.3) is 0 Å². The molecule has 6 nitrogen and oxygen atoms in total. The summed E-state index contributed by atoms with van der Waals surface area (Å²) < 4.78 is 28.3. The molecule has 1 aromatic rings. The Bertz CT molecular complexity index is 1570. The molecule has 9 unspecified atom stereocenters. The van der Waals surface area contributed by atoms with Crippen LogP contribution in [0.3, 0.4) is 0 Å². The number of aromatic carboxylic acids is 1. The van der Waals surface area contributed by atoms with E-state index in [0.29, 0.717) is 23.3 Å². The molecular weight excluding hydrogens is 612 g/mol. The first-order valence-electron chi connectivity index (χ1n) is 17.9. The van der Waals surface area contributed by atoms with Crippen LogP contribution in [0.2, 0.25) is 0 Å². The minimum absolute atomic E-state index is 0.0198. The van der Waals surface area contributed by atoms with Gasteiger partial charge in [0, 0.05) is 6.54 Å². The maximum atomic E-state index is 14.1. The highest BCUT2D eigenvalue weighted by Crippen LogP contribution is 2.77. The monoisotopic (exact) mass is 665 g/mol. The first-order chi connectivity index (χ1) is 22.3. The third-order valence-electron chi connectivity index (χ3n) is 15.4. The highest BCUT2D eigenvalue weighted by Gasteiger charge is 2.70. The molecule has 262 valence electrons. The van der Waals surface area contributed by atoms with Gasteiger partial charge in [-0.05, 0) is 145 Å². The fraction of sp³-hybridized carbons (Fsp3) is 0.675. The minimum atomic E-state index is -4.45. The lowest BCUT2D eigenvalue weighted by atomic mass is 9.32. The number of hydrogen-bond donors (Lipinski definition) is 3. The van der Waals surface area contributed by atoms with Gasteiger partial charge in [0.15, 0.2) is 0 Å². The second kappa shape index (κ2) is 11.2. The Morgan fingerprint density at radius 1 is 0.896 bits per heavy atom. The Hall–Kier alpha value is -3.03. The average molecular weight is 666 g/mol. The predicted octanol–water partition coefficient (Wildman–Crippen LogP) is 8.87. The Morgan fingerprint density at radius 2 is 1.56 bits per heavy atom. The van der Waals surface area contributed by atoms with E-state index in [9.17, 15) is 28.3 Å². The molecule has 0 heterocycles. The number of rotatable bonds is 7. The summed E-state index contributed by atoms with van der Waals surface area (Å²) in [6.07, 6.45) is 11.3. The van der Waals surface area contributed by atoms with Gasteiger partial charge in [0.05, 0.1) is 5.56 Å². The largest absolute Gasteiger partial charge is 0.478 e. The molecule has 5 aliphatic carbocycles. The van der Waals surface area contributed by atoms with E-state index < -0.39 is 23.8 Å². The molecule has 0 aromatic heterocycles. The summed E-state index contributed by atoms with van der Waals surface area (Å²) in [5.41, 5.74) is 3.53. The number of fused-ring (bicyclic) bond motifs is 7. The molecule has 0 radical (unpaired) electrons. The Balaban J connectivity index is 1.32.